The minimum Gasteiger partial charge on any atom is -0.351 e. The maximum absolute atomic E-state index is 11.8. The second-order valence-corrected chi connectivity index (χ2v) is 5.65. The van der Waals surface area contributed by atoms with Crippen LogP contribution in [0.3, 0.4) is 0 Å². The molecule has 1 aliphatic rings. The van der Waals surface area contributed by atoms with E-state index in [1.807, 2.05) is 0 Å². The number of thiophene rings is 1. The summed E-state index contributed by atoms with van der Waals surface area (Å²) in [6.45, 7) is 4.64. The lowest BCUT2D eigenvalue weighted by Gasteiger charge is -2.21. The molecule has 0 radical (unpaired) electrons. The number of amides is 1. The van der Waals surface area contributed by atoms with Crippen molar-refractivity contribution in [1.82, 2.24) is 10.6 Å². The van der Waals surface area contributed by atoms with Crippen molar-refractivity contribution in [2.45, 2.75) is 26.3 Å². The molecule has 1 aromatic rings. The van der Waals surface area contributed by atoms with Gasteiger partial charge in [0.25, 0.3) is 0 Å². The molecular weight excluding hydrogens is 256 g/mol. The van der Waals surface area contributed by atoms with Crippen LogP contribution in [0.25, 0.3) is 0 Å². The van der Waals surface area contributed by atoms with Crippen molar-refractivity contribution in [2.75, 3.05) is 13.1 Å². The van der Waals surface area contributed by atoms with Gasteiger partial charge in [0.15, 0.2) is 0 Å². The molecule has 2 N–H and O–H groups in total. The summed E-state index contributed by atoms with van der Waals surface area (Å²) in [6, 6.07) is 4.17. The second kappa shape index (κ2) is 6.99. The molecule has 1 fully saturated rings. The second-order valence-electron chi connectivity index (χ2n) is 4.27. The first-order chi connectivity index (χ1) is 7.75. The third-order valence-corrected chi connectivity index (χ3v) is 3.90. The fourth-order valence-corrected chi connectivity index (χ4v) is 2.80. The summed E-state index contributed by atoms with van der Waals surface area (Å²) in [4.78, 5) is 14.4. The molecule has 5 heteroatoms. The van der Waals surface area contributed by atoms with Crippen LogP contribution in [0.15, 0.2) is 12.1 Å². The summed E-state index contributed by atoms with van der Waals surface area (Å²) in [5, 5.41) is 6.27. The molecule has 0 bridgehead atoms. The predicted octanol–water partition coefficient (Wildman–Crippen LogP) is 2.09. The monoisotopic (exact) mass is 274 g/mol. The van der Waals surface area contributed by atoms with Gasteiger partial charge >= 0.3 is 0 Å². The molecule has 1 aliphatic heterocycles. The Hall–Kier alpha value is -0.580. The van der Waals surface area contributed by atoms with E-state index < -0.39 is 0 Å². The van der Waals surface area contributed by atoms with Gasteiger partial charge in [-0.1, -0.05) is 0 Å². The van der Waals surface area contributed by atoms with Crippen LogP contribution in [0.2, 0.25) is 0 Å². The van der Waals surface area contributed by atoms with Crippen LogP contribution in [0.1, 0.15) is 22.6 Å². The summed E-state index contributed by atoms with van der Waals surface area (Å²) in [6.07, 6.45) is 2.12. The zero-order valence-electron chi connectivity index (χ0n) is 9.99. The maximum Gasteiger partial charge on any atom is 0.224 e. The first-order valence-electron chi connectivity index (χ1n) is 5.79. The molecule has 2 rings (SSSR count). The fraction of sp³-hybridized carbons (Fsp3) is 0.583. The number of carbonyl (C=O) groups is 1. The van der Waals surface area contributed by atoms with Crippen LogP contribution >= 0.6 is 23.7 Å². The van der Waals surface area contributed by atoms with E-state index in [9.17, 15) is 4.79 Å². The minimum absolute atomic E-state index is 0. The normalized spacial score (nSPS) is 19.5. The zero-order valence-corrected chi connectivity index (χ0v) is 11.6. The minimum atomic E-state index is 0. The van der Waals surface area contributed by atoms with E-state index in [4.69, 9.17) is 0 Å². The largest absolute Gasteiger partial charge is 0.351 e. The van der Waals surface area contributed by atoms with E-state index in [1.165, 1.54) is 9.75 Å². The van der Waals surface area contributed by atoms with Gasteiger partial charge in [-0.15, -0.1) is 23.7 Å². The number of rotatable bonds is 3. The Bertz CT molecular complexity index is 361. The van der Waals surface area contributed by atoms with Crippen LogP contribution in [0, 0.1) is 12.8 Å². The number of piperidine rings is 1. The van der Waals surface area contributed by atoms with Crippen LogP contribution in [0.5, 0.6) is 0 Å². The number of nitrogens with one attached hydrogen (secondary N) is 2. The molecule has 1 saturated heterocycles. The van der Waals surface area contributed by atoms with Gasteiger partial charge in [0, 0.05) is 16.3 Å². The van der Waals surface area contributed by atoms with Gasteiger partial charge in [-0.2, -0.15) is 0 Å². The van der Waals surface area contributed by atoms with E-state index in [2.05, 4.69) is 29.7 Å². The average molecular weight is 275 g/mol. The molecule has 2 heterocycles. The topological polar surface area (TPSA) is 41.1 Å². The Morgan fingerprint density at radius 2 is 2.41 bits per heavy atom. The Balaban J connectivity index is 0.00000144. The van der Waals surface area contributed by atoms with Crippen molar-refractivity contribution in [1.29, 1.82) is 0 Å². The van der Waals surface area contributed by atoms with Crippen molar-refractivity contribution >= 4 is 29.7 Å². The van der Waals surface area contributed by atoms with Crippen LogP contribution in [-0.2, 0) is 11.3 Å². The Morgan fingerprint density at radius 1 is 1.59 bits per heavy atom. The van der Waals surface area contributed by atoms with E-state index in [0.29, 0.717) is 6.54 Å². The number of halogens is 1. The first kappa shape index (κ1) is 14.5. The Labute approximate surface area is 112 Å². The van der Waals surface area contributed by atoms with Crippen LogP contribution < -0.4 is 10.6 Å². The summed E-state index contributed by atoms with van der Waals surface area (Å²) in [7, 11) is 0. The molecule has 1 aromatic heterocycles. The molecule has 96 valence electrons. The zero-order chi connectivity index (χ0) is 11.4. The molecule has 17 heavy (non-hydrogen) atoms. The molecular formula is C12H19ClN2OS. The van der Waals surface area contributed by atoms with E-state index in [1.54, 1.807) is 11.3 Å². The number of hydrogen-bond donors (Lipinski definition) is 2. The van der Waals surface area contributed by atoms with Gasteiger partial charge in [-0.25, -0.2) is 0 Å². The van der Waals surface area contributed by atoms with Gasteiger partial charge in [0.2, 0.25) is 5.91 Å². The standard InChI is InChI=1S/C12H18N2OS.ClH/c1-9-4-5-11(16-9)8-14-12(15)10-3-2-6-13-7-10;/h4-5,10,13H,2-3,6-8H2,1H3,(H,14,15);1H. The number of hydrogen-bond acceptors (Lipinski definition) is 3. The van der Waals surface area contributed by atoms with Crippen molar-refractivity contribution in [3.63, 3.8) is 0 Å². The molecule has 1 amide bonds. The highest BCUT2D eigenvalue weighted by molar-refractivity contribution is 7.11. The van der Waals surface area contributed by atoms with Crippen molar-refractivity contribution < 1.29 is 4.79 Å². The summed E-state index contributed by atoms with van der Waals surface area (Å²) >= 11 is 1.75. The lowest BCUT2D eigenvalue weighted by Crippen LogP contribution is -2.40. The fourth-order valence-electron chi connectivity index (χ4n) is 1.97. The highest BCUT2D eigenvalue weighted by Gasteiger charge is 2.20. The van der Waals surface area contributed by atoms with Gasteiger partial charge in [-0.3, -0.25) is 4.79 Å². The molecule has 3 nitrogen and oxygen atoms in total. The van der Waals surface area contributed by atoms with E-state index in [-0.39, 0.29) is 24.2 Å². The summed E-state index contributed by atoms with van der Waals surface area (Å²) in [5.74, 6) is 0.355. The van der Waals surface area contributed by atoms with Crippen molar-refractivity contribution in [3.8, 4) is 0 Å². The Kier molecular flexibility index (Phi) is 5.95. The predicted molar refractivity (Wildman–Crippen MR) is 73.7 cm³/mol. The van der Waals surface area contributed by atoms with Gasteiger partial charge in [-0.05, 0) is 38.4 Å². The summed E-state index contributed by atoms with van der Waals surface area (Å²) < 4.78 is 0. The van der Waals surface area contributed by atoms with Crippen molar-refractivity contribution in [3.05, 3.63) is 21.9 Å². The Morgan fingerprint density at radius 3 is 3.00 bits per heavy atom. The first-order valence-corrected chi connectivity index (χ1v) is 6.61. The van der Waals surface area contributed by atoms with Gasteiger partial charge in [0.05, 0.1) is 12.5 Å². The highest BCUT2D eigenvalue weighted by atomic mass is 35.5. The molecule has 0 aromatic carbocycles. The van der Waals surface area contributed by atoms with Gasteiger partial charge in [0.1, 0.15) is 0 Å². The van der Waals surface area contributed by atoms with Crippen LogP contribution in [0.4, 0.5) is 0 Å². The third kappa shape index (κ3) is 4.30. The smallest absolute Gasteiger partial charge is 0.224 e. The SMILES string of the molecule is Cc1ccc(CNC(=O)C2CCCNC2)s1.Cl. The lowest BCUT2D eigenvalue weighted by molar-refractivity contribution is -0.125. The molecule has 0 spiro atoms. The third-order valence-electron chi connectivity index (χ3n) is 2.90. The number of carbonyl (C=O) groups excluding carboxylic acids is 1. The van der Waals surface area contributed by atoms with E-state index in [0.717, 1.165) is 25.9 Å². The number of aryl methyl sites for hydroxylation is 1. The van der Waals surface area contributed by atoms with E-state index >= 15 is 0 Å². The quantitative estimate of drug-likeness (QED) is 0.886. The van der Waals surface area contributed by atoms with Crippen molar-refractivity contribution in [2.24, 2.45) is 5.92 Å². The molecule has 1 unspecified atom stereocenters. The molecule has 0 saturated carbocycles. The lowest BCUT2D eigenvalue weighted by atomic mass is 9.99. The van der Waals surface area contributed by atoms with Crippen LogP contribution in [-0.4, -0.2) is 19.0 Å². The van der Waals surface area contributed by atoms with Gasteiger partial charge < -0.3 is 10.6 Å². The average Bonchev–Trinajstić information content (AvgIpc) is 2.73. The highest BCUT2D eigenvalue weighted by Crippen LogP contribution is 2.15. The maximum atomic E-state index is 11.8. The molecule has 0 aliphatic carbocycles. The molecule has 1 atom stereocenters. The summed E-state index contributed by atoms with van der Waals surface area (Å²) in [5.41, 5.74) is 0.